The standard InChI is InChI=1S/C39H69NO13/c1-18(2)40(13)26-15-20(4)48-36(28(26)42)52-33-22(6)30(50-27-17-37(10,47-14)32(44)25(9)49-27)23(7)35(45)51-34(24(8)41)39(12,46)31(43)21(5)29-19(3)16-38(33,11)53-29/h18,20-28,30-34,36,41-44,46H,15-17H2,1-14H3/t20-,21+,22+,23-,24+,25+,26+,27+,28-,30+,31-,32+,33-,34-,36+,37-,38-,39+/m1/s1. The molecule has 4 aliphatic heterocycles. The molecule has 0 radical (unpaired) electrons. The summed E-state index contributed by atoms with van der Waals surface area (Å²) in [6.45, 7) is 21.2. The molecular formula is C39H69NO13. The van der Waals surface area contributed by atoms with Gasteiger partial charge in [0.1, 0.15) is 35.3 Å². The van der Waals surface area contributed by atoms with Crippen LogP contribution in [0.15, 0.2) is 11.3 Å². The molecule has 5 N–H and O–H groups in total. The Balaban J connectivity index is 1.86. The van der Waals surface area contributed by atoms with Gasteiger partial charge in [-0.05, 0) is 88.3 Å². The Kier molecular flexibility index (Phi) is 13.9. The van der Waals surface area contributed by atoms with Crippen LogP contribution in [0.1, 0.15) is 102 Å². The van der Waals surface area contributed by atoms with Gasteiger partial charge in [0.25, 0.3) is 0 Å². The van der Waals surface area contributed by atoms with Crippen molar-refractivity contribution >= 4 is 5.97 Å². The maximum atomic E-state index is 14.2. The Bertz CT molecular complexity index is 1290. The predicted molar refractivity (Wildman–Crippen MR) is 194 cm³/mol. The van der Waals surface area contributed by atoms with Crippen molar-refractivity contribution in [2.75, 3.05) is 14.2 Å². The van der Waals surface area contributed by atoms with E-state index in [-0.39, 0.29) is 24.6 Å². The van der Waals surface area contributed by atoms with Crippen LogP contribution >= 0.6 is 0 Å². The molecular weight excluding hydrogens is 690 g/mol. The van der Waals surface area contributed by atoms with E-state index >= 15 is 0 Å². The lowest BCUT2D eigenvalue weighted by Crippen LogP contribution is -2.61. The van der Waals surface area contributed by atoms with E-state index in [9.17, 15) is 30.3 Å². The number of ether oxygens (including phenoxy) is 7. The van der Waals surface area contributed by atoms with Crippen molar-refractivity contribution < 1.29 is 63.5 Å². The second-order valence-electron chi connectivity index (χ2n) is 17.4. The Labute approximate surface area is 316 Å². The zero-order chi connectivity index (χ0) is 40.1. The Morgan fingerprint density at radius 3 is 2.13 bits per heavy atom. The van der Waals surface area contributed by atoms with Gasteiger partial charge in [-0.15, -0.1) is 0 Å². The minimum absolute atomic E-state index is 0.129. The van der Waals surface area contributed by atoms with Gasteiger partial charge in [0.2, 0.25) is 0 Å². The molecule has 14 nitrogen and oxygen atoms in total. The summed E-state index contributed by atoms with van der Waals surface area (Å²) in [6.07, 6.45) is -10.2. The number of likely N-dealkylation sites (N-methyl/N-ethyl adjacent to an activating group) is 1. The smallest absolute Gasteiger partial charge is 0.311 e. The number of aliphatic hydroxyl groups is 5. The lowest BCUT2D eigenvalue weighted by atomic mass is 9.78. The fourth-order valence-corrected chi connectivity index (χ4v) is 9.05. The van der Waals surface area contributed by atoms with Gasteiger partial charge >= 0.3 is 5.97 Å². The third-order valence-electron chi connectivity index (χ3n) is 12.6. The zero-order valence-electron chi connectivity index (χ0n) is 34.3. The first-order chi connectivity index (χ1) is 24.4. The van der Waals surface area contributed by atoms with Gasteiger partial charge in [-0.2, -0.15) is 0 Å². The summed E-state index contributed by atoms with van der Waals surface area (Å²) in [7, 11) is 3.47. The highest BCUT2D eigenvalue weighted by Crippen LogP contribution is 2.47. The Morgan fingerprint density at radius 1 is 0.943 bits per heavy atom. The average molecular weight is 760 g/mol. The lowest BCUT2D eigenvalue weighted by molar-refractivity contribution is -0.317. The molecule has 0 aromatic rings. The van der Waals surface area contributed by atoms with Gasteiger partial charge in [-0.3, -0.25) is 9.69 Å². The van der Waals surface area contributed by atoms with Gasteiger partial charge in [-0.1, -0.05) is 13.8 Å². The van der Waals surface area contributed by atoms with Crippen molar-refractivity contribution in [1.29, 1.82) is 0 Å². The first-order valence-electron chi connectivity index (χ1n) is 19.3. The van der Waals surface area contributed by atoms with Gasteiger partial charge in [0, 0.05) is 43.9 Å². The number of nitrogens with zero attached hydrogens (tertiary/aromatic N) is 1. The number of rotatable bonds is 8. The van der Waals surface area contributed by atoms with E-state index in [1.807, 2.05) is 34.7 Å². The lowest BCUT2D eigenvalue weighted by Gasteiger charge is -2.49. The average Bonchev–Trinajstić information content (AvgIpc) is 3.40. The topological polar surface area (TPSA) is 186 Å². The van der Waals surface area contributed by atoms with Crippen LogP contribution in [-0.4, -0.2) is 147 Å². The first-order valence-corrected chi connectivity index (χ1v) is 19.3. The fraction of sp³-hybridized carbons (Fsp3) is 0.923. The van der Waals surface area contributed by atoms with Crippen molar-refractivity contribution in [2.24, 2.45) is 17.8 Å². The van der Waals surface area contributed by atoms with Gasteiger partial charge < -0.3 is 58.7 Å². The van der Waals surface area contributed by atoms with Crippen molar-refractivity contribution in [3.8, 4) is 0 Å². The number of carbonyl (C=O) groups is 1. The maximum Gasteiger partial charge on any atom is 0.311 e. The Morgan fingerprint density at radius 2 is 1.57 bits per heavy atom. The molecule has 3 saturated heterocycles. The SMILES string of the molecule is CO[C@]1(C)C[C@H](O[C@H]2[C@H](C)[C@@H](O[C@@H]3O[C@H](C)C[C@H](N(C)C(C)C)[C@H]3O)[C@@]3(C)CC(C)=C(O3)[C@H](C)[C@@H](O)[C@](C)(O)[C@@H]([C@H](C)O)OC(=O)[C@@H]2C)O[C@@H](C)[C@@H]1O. The molecule has 4 heterocycles. The highest BCUT2D eigenvalue weighted by atomic mass is 16.7. The summed E-state index contributed by atoms with van der Waals surface area (Å²) in [5.41, 5.74) is -3.45. The van der Waals surface area contributed by atoms with Crippen molar-refractivity contribution in [3.05, 3.63) is 11.3 Å². The molecule has 4 rings (SSSR count). The monoisotopic (exact) mass is 759 g/mol. The van der Waals surface area contributed by atoms with Crippen LogP contribution in [0.4, 0.5) is 0 Å². The fourth-order valence-electron chi connectivity index (χ4n) is 9.05. The zero-order valence-corrected chi connectivity index (χ0v) is 34.3. The summed E-state index contributed by atoms with van der Waals surface area (Å²) in [5, 5.41) is 57.1. The molecule has 308 valence electrons. The number of hydrogen-bond acceptors (Lipinski definition) is 14. The number of fused-ring (bicyclic) bond motifs is 2. The van der Waals surface area contributed by atoms with E-state index < -0.39 is 102 Å². The van der Waals surface area contributed by atoms with Crippen LogP contribution in [0.2, 0.25) is 0 Å². The van der Waals surface area contributed by atoms with E-state index in [0.29, 0.717) is 18.6 Å². The highest BCUT2D eigenvalue weighted by Gasteiger charge is 2.57. The quantitative estimate of drug-likeness (QED) is 0.228. The molecule has 0 aromatic carbocycles. The summed E-state index contributed by atoms with van der Waals surface area (Å²) in [5.74, 6) is -2.89. The third kappa shape index (κ3) is 8.78. The number of hydrogen-bond donors (Lipinski definition) is 5. The molecule has 0 saturated carbocycles. The number of carbonyl (C=O) groups excluding carboxylic acids is 1. The molecule has 2 bridgehead atoms. The normalized spacial score (nSPS) is 48.1. The molecule has 0 aliphatic carbocycles. The minimum Gasteiger partial charge on any atom is -0.489 e. The van der Waals surface area contributed by atoms with Crippen LogP contribution in [0.3, 0.4) is 0 Å². The van der Waals surface area contributed by atoms with Gasteiger partial charge in [0.05, 0.1) is 42.0 Å². The van der Waals surface area contributed by atoms with Crippen molar-refractivity contribution in [2.45, 2.75) is 199 Å². The second-order valence-corrected chi connectivity index (χ2v) is 17.4. The van der Waals surface area contributed by atoms with Crippen LogP contribution in [-0.2, 0) is 38.0 Å². The number of aliphatic hydroxyl groups excluding tert-OH is 4. The van der Waals surface area contributed by atoms with Crippen LogP contribution in [0.5, 0.6) is 0 Å². The highest BCUT2D eigenvalue weighted by molar-refractivity contribution is 5.73. The number of esters is 1. The Hall–Kier alpha value is -1.43. The van der Waals surface area contributed by atoms with Gasteiger partial charge in [0.15, 0.2) is 18.7 Å². The largest absolute Gasteiger partial charge is 0.489 e. The number of cyclic esters (lactones) is 1. The third-order valence-corrected chi connectivity index (χ3v) is 12.6. The van der Waals surface area contributed by atoms with Gasteiger partial charge in [-0.25, -0.2) is 0 Å². The molecule has 3 fully saturated rings. The molecule has 18 atom stereocenters. The first kappa shape index (κ1) is 44.3. The van der Waals surface area contributed by atoms with E-state index in [2.05, 4.69) is 18.7 Å². The maximum absolute atomic E-state index is 14.2. The van der Waals surface area contributed by atoms with E-state index in [0.717, 1.165) is 5.57 Å². The summed E-state index contributed by atoms with van der Waals surface area (Å²) < 4.78 is 44.6. The van der Waals surface area contributed by atoms with Crippen LogP contribution < -0.4 is 0 Å². The summed E-state index contributed by atoms with van der Waals surface area (Å²) in [6, 6.07) is -0.128. The van der Waals surface area contributed by atoms with E-state index in [1.54, 1.807) is 27.7 Å². The predicted octanol–water partition coefficient (Wildman–Crippen LogP) is 2.64. The molecule has 0 aromatic heterocycles. The summed E-state index contributed by atoms with van der Waals surface area (Å²) >= 11 is 0. The molecule has 14 heteroatoms. The molecule has 0 amide bonds. The second kappa shape index (κ2) is 16.6. The molecule has 53 heavy (non-hydrogen) atoms. The van der Waals surface area contributed by atoms with Crippen LogP contribution in [0.25, 0.3) is 0 Å². The van der Waals surface area contributed by atoms with Crippen molar-refractivity contribution in [1.82, 2.24) is 4.90 Å². The minimum atomic E-state index is -2.10. The molecule has 4 aliphatic rings. The van der Waals surface area contributed by atoms with Crippen molar-refractivity contribution in [3.63, 3.8) is 0 Å². The molecule has 0 unspecified atom stereocenters. The molecule has 0 spiro atoms. The van der Waals surface area contributed by atoms with E-state index in [4.69, 9.17) is 33.2 Å². The summed E-state index contributed by atoms with van der Waals surface area (Å²) in [4.78, 5) is 16.3. The number of methoxy groups -OCH3 is 1. The van der Waals surface area contributed by atoms with E-state index in [1.165, 1.54) is 21.0 Å². The van der Waals surface area contributed by atoms with Crippen LogP contribution in [0, 0.1) is 17.8 Å².